The summed E-state index contributed by atoms with van der Waals surface area (Å²) in [5, 5.41) is 3.39. The number of likely N-dealkylation sites (N-methyl/N-ethyl adjacent to an activating group) is 1. The molecule has 0 atom stereocenters. The monoisotopic (exact) mass is 373 g/mol. The number of halogens is 1. The van der Waals surface area contributed by atoms with Crippen LogP contribution in [0.15, 0.2) is 42.7 Å². The van der Waals surface area contributed by atoms with Gasteiger partial charge in [-0.25, -0.2) is 0 Å². The smallest absolute Gasteiger partial charge is 0.239 e. The lowest BCUT2D eigenvalue weighted by Gasteiger charge is -2.28. The van der Waals surface area contributed by atoms with Crippen LogP contribution in [0.5, 0.6) is 0 Å². The van der Waals surface area contributed by atoms with E-state index in [1.54, 1.807) is 56.4 Å². The number of benzene rings is 1. The highest BCUT2D eigenvalue weighted by Crippen LogP contribution is 2.26. The third kappa shape index (κ3) is 4.61. The number of anilines is 1. The summed E-state index contributed by atoms with van der Waals surface area (Å²) in [5.41, 5.74) is 1.29. The van der Waals surface area contributed by atoms with E-state index in [1.807, 2.05) is 19.1 Å². The lowest BCUT2D eigenvalue weighted by atomic mass is 9.90. The van der Waals surface area contributed by atoms with Crippen LogP contribution >= 0.6 is 11.6 Å². The molecule has 26 heavy (non-hydrogen) atoms. The lowest BCUT2D eigenvalue weighted by Crippen LogP contribution is -2.46. The van der Waals surface area contributed by atoms with Gasteiger partial charge in [0.15, 0.2) is 0 Å². The molecule has 0 bridgehead atoms. The van der Waals surface area contributed by atoms with Gasteiger partial charge in [-0.1, -0.05) is 17.7 Å². The van der Waals surface area contributed by atoms with Gasteiger partial charge >= 0.3 is 0 Å². The van der Waals surface area contributed by atoms with Gasteiger partial charge in [0.25, 0.3) is 0 Å². The molecule has 1 N–H and O–H groups in total. The first-order valence-corrected chi connectivity index (χ1v) is 8.82. The van der Waals surface area contributed by atoms with Gasteiger partial charge in [-0.05, 0) is 62.6 Å². The maximum Gasteiger partial charge on any atom is 0.239 e. The normalized spacial score (nSPS) is 11.1. The van der Waals surface area contributed by atoms with Crippen LogP contribution in [-0.2, 0) is 16.0 Å². The van der Waals surface area contributed by atoms with E-state index in [1.165, 1.54) is 0 Å². The molecule has 0 aliphatic carbocycles. The standard InChI is InChI=1S/C20H24ClN3O2/c1-14-16(21)6-5-7-17(14)23-18(25)20(2,3)19(26)24(4)13-10-15-8-11-22-12-9-15/h5-9,11-12H,10,13H2,1-4H3,(H,23,25). The molecule has 6 heteroatoms. The minimum absolute atomic E-state index is 0.233. The van der Waals surface area contributed by atoms with E-state index in [2.05, 4.69) is 10.3 Å². The summed E-state index contributed by atoms with van der Waals surface area (Å²) in [6.07, 6.45) is 4.15. The molecule has 0 radical (unpaired) electrons. The van der Waals surface area contributed by atoms with Gasteiger partial charge in [-0.3, -0.25) is 14.6 Å². The van der Waals surface area contributed by atoms with E-state index in [-0.39, 0.29) is 11.8 Å². The Morgan fingerprint density at radius 1 is 1.19 bits per heavy atom. The second kappa shape index (κ2) is 8.32. The number of amides is 2. The second-order valence-electron chi connectivity index (χ2n) is 6.82. The number of nitrogens with one attached hydrogen (secondary N) is 1. The Morgan fingerprint density at radius 3 is 2.50 bits per heavy atom. The van der Waals surface area contributed by atoms with Crippen LogP contribution in [0.1, 0.15) is 25.0 Å². The number of hydrogen-bond acceptors (Lipinski definition) is 3. The van der Waals surface area contributed by atoms with E-state index in [0.29, 0.717) is 23.7 Å². The van der Waals surface area contributed by atoms with Gasteiger partial charge in [0.2, 0.25) is 11.8 Å². The molecule has 0 saturated carbocycles. The maximum absolute atomic E-state index is 12.8. The Balaban J connectivity index is 2.03. The van der Waals surface area contributed by atoms with Crippen molar-refractivity contribution in [1.82, 2.24) is 9.88 Å². The van der Waals surface area contributed by atoms with Crippen molar-refractivity contribution in [2.75, 3.05) is 18.9 Å². The Morgan fingerprint density at radius 2 is 1.85 bits per heavy atom. The summed E-state index contributed by atoms with van der Waals surface area (Å²) in [7, 11) is 1.71. The zero-order valence-corrected chi connectivity index (χ0v) is 16.3. The van der Waals surface area contributed by atoms with Gasteiger partial charge < -0.3 is 10.2 Å². The number of carbonyl (C=O) groups excluding carboxylic acids is 2. The topological polar surface area (TPSA) is 62.3 Å². The predicted molar refractivity (Wildman–Crippen MR) is 104 cm³/mol. The van der Waals surface area contributed by atoms with Crippen LogP contribution in [0, 0.1) is 12.3 Å². The second-order valence-corrected chi connectivity index (χ2v) is 7.23. The van der Waals surface area contributed by atoms with Crippen LogP contribution in [0.25, 0.3) is 0 Å². The summed E-state index contributed by atoms with van der Waals surface area (Å²) < 4.78 is 0. The molecule has 5 nitrogen and oxygen atoms in total. The van der Waals surface area contributed by atoms with Crippen molar-refractivity contribution in [1.29, 1.82) is 0 Å². The van der Waals surface area contributed by atoms with E-state index >= 15 is 0 Å². The zero-order chi connectivity index (χ0) is 19.3. The quantitative estimate of drug-likeness (QED) is 0.785. The number of pyridine rings is 1. The first kappa shape index (κ1) is 19.9. The third-order valence-corrected chi connectivity index (χ3v) is 4.86. The molecule has 0 saturated heterocycles. The summed E-state index contributed by atoms with van der Waals surface area (Å²) in [5.74, 6) is -0.590. The van der Waals surface area contributed by atoms with E-state index in [4.69, 9.17) is 11.6 Å². The molecule has 138 valence electrons. The lowest BCUT2D eigenvalue weighted by molar-refractivity contribution is -0.145. The first-order chi connectivity index (χ1) is 12.2. The van der Waals surface area contributed by atoms with Crippen molar-refractivity contribution in [3.63, 3.8) is 0 Å². The molecule has 2 aromatic rings. The van der Waals surface area contributed by atoms with E-state index in [9.17, 15) is 9.59 Å². The largest absolute Gasteiger partial charge is 0.345 e. The Bertz CT molecular complexity index is 791. The van der Waals surface area contributed by atoms with Crippen LogP contribution in [0.3, 0.4) is 0 Å². The van der Waals surface area contributed by atoms with Gasteiger partial charge in [-0.15, -0.1) is 0 Å². The Hall–Kier alpha value is -2.40. The first-order valence-electron chi connectivity index (χ1n) is 8.44. The number of rotatable bonds is 6. The number of hydrogen-bond donors (Lipinski definition) is 1. The minimum Gasteiger partial charge on any atom is -0.345 e. The summed E-state index contributed by atoms with van der Waals surface area (Å²) >= 11 is 6.09. The van der Waals surface area contributed by atoms with Crippen molar-refractivity contribution < 1.29 is 9.59 Å². The maximum atomic E-state index is 12.8. The Kier molecular flexibility index (Phi) is 6.37. The van der Waals surface area contributed by atoms with Gasteiger partial charge in [-0.2, -0.15) is 0 Å². The van der Waals surface area contributed by atoms with Crippen molar-refractivity contribution >= 4 is 29.1 Å². The fraction of sp³-hybridized carbons (Fsp3) is 0.350. The number of aromatic nitrogens is 1. The zero-order valence-electron chi connectivity index (χ0n) is 15.5. The highest BCUT2D eigenvalue weighted by Gasteiger charge is 2.38. The van der Waals surface area contributed by atoms with Gasteiger partial charge in [0.1, 0.15) is 5.41 Å². The van der Waals surface area contributed by atoms with Crippen LogP contribution in [-0.4, -0.2) is 35.3 Å². The highest BCUT2D eigenvalue weighted by molar-refractivity contribution is 6.31. The predicted octanol–water partition coefficient (Wildman–Crippen LogP) is 3.71. The summed E-state index contributed by atoms with van der Waals surface area (Å²) in [4.78, 5) is 31.1. The Labute approximate surface area is 159 Å². The molecule has 0 aliphatic heterocycles. The van der Waals surface area contributed by atoms with Gasteiger partial charge in [0.05, 0.1) is 0 Å². The van der Waals surface area contributed by atoms with Gasteiger partial charge in [0, 0.05) is 36.7 Å². The van der Waals surface area contributed by atoms with Crippen LogP contribution < -0.4 is 5.32 Å². The van der Waals surface area contributed by atoms with Crippen LogP contribution in [0.4, 0.5) is 5.69 Å². The molecule has 2 amide bonds. The molecule has 0 unspecified atom stereocenters. The SMILES string of the molecule is Cc1c(Cl)cccc1NC(=O)C(C)(C)C(=O)N(C)CCc1ccncc1. The third-order valence-electron chi connectivity index (χ3n) is 4.45. The molecular formula is C20H24ClN3O2. The van der Waals surface area contributed by atoms with Crippen molar-refractivity contribution in [2.45, 2.75) is 27.2 Å². The van der Waals surface area contributed by atoms with E-state index in [0.717, 1.165) is 11.1 Å². The molecule has 0 aliphatic rings. The molecule has 0 fully saturated rings. The van der Waals surface area contributed by atoms with E-state index < -0.39 is 5.41 Å². The molecule has 0 spiro atoms. The minimum atomic E-state index is -1.19. The fourth-order valence-electron chi connectivity index (χ4n) is 2.54. The molecule has 1 heterocycles. The van der Waals surface area contributed by atoms with Crippen molar-refractivity contribution in [2.24, 2.45) is 5.41 Å². The molecule has 1 aromatic carbocycles. The average Bonchev–Trinajstić information content (AvgIpc) is 2.63. The van der Waals surface area contributed by atoms with Crippen molar-refractivity contribution in [3.8, 4) is 0 Å². The van der Waals surface area contributed by atoms with Crippen molar-refractivity contribution in [3.05, 3.63) is 58.9 Å². The highest BCUT2D eigenvalue weighted by atomic mass is 35.5. The molecule has 1 aromatic heterocycles. The number of carbonyl (C=O) groups is 2. The summed E-state index contributed by atoms with van der Waals surface area (Å²) in [6.45, 7) is 5.62. The summed E-state index contributed by atoms with van der Waals surface area (Å²) in [6, 6.07) is 9.12. The average molecular weight is 374 g/mol. The number of nitrogens with zero attached hydrogens (tertiary/aromatic N) is 2. The molecular weight excluding hydrogens is 350 g/mol. The molecule has 2 rings (SSSR count). The van der Waals surface area contributed by atoms with Crippen LogP contribution in [0.2, 0.25) is 5.02 Å². The fourth-order valence-corrected chi connectivity index (χ4v) is 2.72.